The van der Waals surface area contributed by atoms with E-state index >= 15 is 0 Å². The van der Waals surface area contributed by atoms with Crippen molar-refractivity contribution in [2.75, 3.05) is 12.9 Å². The molecule has 4 nitrogen and oxygen atoms in total. The second-order valence-corrected chi connectivity index (χ2v) is 8.02. The molecule has 0 radical (unpaired) electrons. The molecule has 2 rings (SSSR count). The van der Waals surface area contributed by atoms with Crippen molar-refractivity contribution in [3.63, 3.8) is 0 Å². The molecule has 116 valence electrons. The summed E-state index contributed by atoms with van der Waals surface area (Å²) in [5, 5.41) is 0. The number of methoxy groups -OCH3 is 1. The molecule has 0 bridgehead atoms. The summed E-state index contributed by atoms with van der Waals surface area (Å²) in [6.45, 7) is 2.06. The number of hydrogen-bond acceptors (Lipinski definition) is 4. The SMILES string of the molecule is CCc1ccc(CS(=O)(=O)CC2(CC(=O)OC)CC2)cc1. The van der Waals surface area contributed by atoms with E-state index in [1.165, 1.54) is 12.7 Å². The first-order chi connectivity index (χ1) is 9.88. The highest BCUT2D eigenvalue weighted by molar-refractivity contribution is 7.90. The Hall–Kier alpha value is -1.36. The minimum Gasteiger partial charge on any atom is -0.469 e. The number of esters is 1. The second kappa shape index (κ2) is 6.18. The standard InChI is InChI=1S/C16H22O4S/c1-3-13-4-6-14(7-5-13)11-21(18,19)12-16(8-9-16)10-15(17)20-2/h4-7H,3,8-12H2,1-2H3. The van der Waals surface area contributed by atoms with Crippen molar-refractivity contribution in [3.05, 3.63) is 35.4 Å². The highest BCUT2D eigenvalue weighted by atomic mass is 32.2. The molecule has 1 aromatic carbocycles. The first kappa shape index (κ1) is 16.0. The van der Waals surface area contributed by atoms with Crippen LogP contribution in [-0.4, -0.2) is 27.2 Å². The van der Waals surface area contributed by atoms with E-state index in [9.17, 15) is 13.2 Å². The van der Waals surface area contributed by atoms with Gasteiger partial charge in [-0.1, -0.05) is 31.2 Å². The van der Waals surface area contributed by atoms with Crippen LogP contribution in [0, 0.1) is 5.41 Å². The third-order valence-electron chi connectivity index (χ3n) is 4.05. The molecule has 0 aliphatic heterocycles. The number of ether oxygens (including phenoxy) is 1. The average molecular weight is 310 g/mol. The van der Waals surface area contributed by atoms with Crippen LogP contribution in [0.5, 0.6) is 0 Å². The van der Waals surface area contributed by atoms with Gasteiger partial charge >= 0.3 is 5.97 Å². The Bertz CT molecular complexity index is 598. The zero-order valence-corrected chi connectivity index (χ0v) is 13.4. The minimum atomic E-state index is -3.21. The van der Waals surface area contributed by atoms with E-state index in [0.29, 0.717) is 0 Å². The summed E-state index contributed by atoms with van der Waals surface area (Å²) in [4.78, 5) is 11.4. The Morgan fingerprint density at radius 3 is 2.24 bits per heavy atom. The molecule has 0 spiro atoms. The fourth-order valence-electron chi connectivity index (χ4n) is 2.57. The van der Waals surface area contributed by atoms with Crippen LogP contribution in [0.2, 0.25) is 0 Å². The van der Waals surface area contributed by atoms with Gasteiger partial charge in [0.25, 0.3) is 0 Å². The van der Waals surface area contributed by atoms with Crippen molar-refractivity contribution >= 4 is 15.8 Å². The summed E-state index contributed by atoms with van der Waals surface area (Å²) in [7, 11) is -1.88. The smallest absolute Gasteiger partial charge is 0.306 e. The van der Waals surface area contributed by atoms with Crippen LogP contribution in [0.3, 0.4) is 0 Å². The molecule has 5 heteroatoms. The lowest BCUT2D eigenvalue weighted by molar-refractivity contribution is -0.141. The van der Waals surface area contributed by atoms with Gasteiger partial charge in [-0.15, -0.1) is 0 Å². The number of hydrogen-bond donors (Lipinski definition) is 0. The summed E-state index contributed by atoms with van der Waals surface area (Å²) in [5.74, 6) is -0.208. The van der Waals surface area contributed by atoms with Gasteiger partial charge in [-0.3, -0.25) is 4.79 Å². The fraction of sp³-hybridized carbons (Fsp3) is 0.562. The maximum atomic E-state index is 12.3. The monoisotopic (exact) mass is 310 g/mol. The predicted molar refractivity (Wildman–Crippen MR) is 81.6 cm³/mol. The Kier molecular flexibility index (Phi) is 4.71. The Morgan fingerprint density at radius 1 is 1.19 bits per heavy atom. The molecule has 0 heterocycles. The molecule has 1 aliphatic rings. The molecule has 0 N–H and O–H groups in total. The largest absolute Gasteiger partial charge is 0.469 e. The summed E-state index contributed by atoms with van der Waals surface area (Å²) in [6.07, 6.45) is 2.72. The highest BCUT2D eigenvalue weighted by Gasteiger charge is 2.47. The molecule has 0 saturated heterocycles. The number of carbonyl (C=O) groups excluding carboxylic acids is 1. The zero-order valence-electron chi connectivity index (χ0n) is 12.6. The van der Waals surface area contributed by atoms with Gasteiger partial charge in [-0.25, -0.2) is 8.42 Å². The number of rotatable bonds is 7. The Labute approximate surface area is 126 Å². The quantitative estimate of drug-likeness (QED) is 0.726. The molecule has 21 heavy (non-hydrogen) atoms. The van der Waals surface area contributed by atoms with E-state index in [2.05, 4.69) is 11.7 Å². The van der Waals surface area contributed by atoms with Crippen molar-refractivity contribution in [3.8, 4) is 0 Å². The van der Waals surface area contributed by atoms with Crippen LogP contribution in [0.15, 0.2) is 24.3 Å². The molecule has 1 aliphatic carbocycles. The Balaban J connectivity index is 2.00. The molecule has 0 unspecified atom stereocenters. The topological polar surface area (TPSA) is 60.4 Å². The molecule has 0 atom stereocenters. The van der Waals surface area contributed by atoms with Gasteiger partial charge in [0, 0.05) is 0 Å². The number of aryl methyl sites for hydroxylation is 1. The van der Waals surface area contributed by atoms with E-state index in [-0.39, 0.29) is 29.3 Å². The van der Waals surface area contributed by atoms with E-state index in [1.807, 2.05) is 24.3 Å². The number of carbonyl (C=O) groups is 1. The minimum absolute atomic E-state index is 0.0416. The normalized spacial score (nSPS) is 16.5. The van der Waals surface area contributed by atoms with Gasteiger partial charge in [-0.05, 0) is 35.8 Å². The van der Waals surface area contributed by atoms with E-state index in [0.717, 1.165) is 24.8 Å². The van der Waals surface area contributed by atoms with E-state index < -0.39 is 9.84 Å². The van der Waals surface area contributed by atoms with Crippen molar-refractivity contribution in [1.29, 1.82) is 0 Å². The van der Waals surface area contributed by atoms with Crippen LogP contribution in [-0.2, 0) is 31.5 Å². The lowest BCUT2D eigenvalue weighted by atomic mass is 10.1. The maximum absolute atomic E-state index is 12.3. The van der Waals surface area contributed by atoms with Gasteiger partial charge in [0.1, 0.15) is 0 Å². The number of sulfone groups is 1. The van der Waals surface area contributed by atoms with Gasteiger partial charge < -0.3 is 4.74 Å². The lowest BCUT2D eigenvalue weighted by Crippen LogP contribution is -2.22. The van der Waals surface area contributed by atoms with Gasteiger partial charge in [0.05, 0.1) is 25.0 Å². The summed E-state index contributed by atoms with van der Waals surface area (Å²) >= 11 is 0. The molecule has 0 aromatic heterocycles. The van der Waals surface area contributed by atoms with Crippen molar-refractivity contribution < 1.29 is 17.9 Å². The molecule has 1 aromatic rings. The van der Waals surface area contributed by atoms with Crippen molar-refractivity contribution in [2.45, 2.75) is 38.4 Å². The zero-order chi connectivity index (χ0) is 15.5. The Morgan fingerprint density at radius 2 is 1.76 bits per heavy atom. The molecular formula is C16H22O4S. The summed E-state index contributed by atoms with van der Waals surface area (Å²) in [5.41, 5.74) is 1.62. The van der Waals surface area contributed by atoms with Crippen LogP contribution in [0.4, 0.5) is 0 Å². The van der Waals surface area contributed by atoms with E-state index in [4.69, 9.17) is 0 Å². The molecule has 0 amide bonds. The van der Waals surface area contributed by atoms with Crippen LogP contribution < -0.4 is 0 Å². The second-order valence-electron chi connectivity index (χ2n) is 5.96. The highest BCUT2D eigenvalue weighted by Crippen LogP contribution is 2.50. The first-order valence-corrected chi connectivity index (χ1v) is 9.05. The van der Waals surface area contributed by atoms with Crippen LogP contribution in [0.25, 0.3) is 0 Å². The average Bonchev–Trinajstić information content (AvgIpc) is 3.17. The summed E-state index contributed by atoms with van der Waals surface area (Å²) < 4.78 is 29.3. The molecule has 1 saturated carbocycles. The van der Waals surface area contributed by atoms with E-state index in [1.54, 1.807) is 0 Å². The fourth-order valence-corrected chi connectivity index (χ4v) is 4.70. The van der Waals surface area contributed by atoms with Crippen molar-refractivity contribution in [1.82, 2.24) is 0 Å². The van der Waals surface area contributed by atoms with Gasteiger partial charge in [-0.2, -0.15) is 0 Å². The van der Waals surface area contributed by atoms with Crippen LogP contribution >= 0.6 is 0 Å². The molecular weight excluding hydrogens is 288 g/mol. The van der Waals surface area contributed by atoms with Gasteiger partial charge in [0.15, 0.2) is 9.84 Å². The van der Waals surface area contributed by atoms with Crippen molar-refractivity contribution in [2.24, 2.45) is 5.41 Å². The number of benzene rings is 1. The third-order valence-corrected chi connectivity index (χ3v) is 5.87. The summed E-state index contributed by atoms with van der Waals surface area (Å²) in [6, 6.07) is 7.67. The van der Waals surface area contributed by atoms with Gasteiger partial charge in [0.2, 0.25) is 0 Å². The first-order valence-electron chi connectivity index (χ1n) is 7.23. The van der Waals surface area contributed by atoms with Crippen LogP contribution in [0.1, 0.15) is 37.3 Å². The predicted octanol–water partition coefficient (Wildman–Crippen LogP) is 2.51. The maximum Gasteiger partial charge on any atom is 0.306 e. The lowest BCUT2D eigenvalue weighted by Gasteiger charge is -2.14. The molecule has 1 fully saturated rings. The third kappa shape index (κ3) is 4.56.